The summed E-state index contributed by atoms with van der Waals surface area (Å²) in [6.45, 7) is 6.84. The first-order valence-electron chi connectivity index (χ1n) is 10.9. The number of nitrogens with one attached hydrogen (secondary N) is 1. The molecule has 0 fully saturated rings. The molecule has 0 atom stereocenters. The number of pyridine rings is 1. The van der Waals surface area contributed by atoms with Crippen molar-refractivity contribution in [3.63, 3.8) is 0 Å². The van der Waals surface area contributed by atoms with Gasteiger partial charge in [-0.2, -0.15) is 0 Å². The Morgan fingerprint density at radius 1 is 0.912 bits per heavy atom. The van der Waals surface area contributed by atoms with Gasteiger partial charge in [0.25, 0.3) is 0 Å². The maximum Gasteiger partial charge on any atom is 0.228 e. The minimum absolute atomic E-state index is 0.204. The van der Waals surface area contributed by atoms with Gasteiger partial charge in [0.15, 0.2) is 0 Å². The smallest absolute Gasteiger partial charge is 0.228 e. The molecule has 0 aliphatic heterocycles. The second-order valence-electron chi connectivity index (χ2n) is 7.96. The van der Waals surface area contributed by atoms with E-state index in [4.69, 9.17) is 10.5 Å². The number of benzene rings is 2. The van der Waals surface area contributed by atoms with E-state index in [1.54, 1.807) is 29.8 Å². The van der Waals surface area contributed by atoms with Crippen molar-refractivity contribution in [3.05, 3.63) is 82.1 Å². The zero-order valence-corrected chi connectivity index (χ0v) is 20.0. The van der Waals surface area contributed by atoms with Crippen LogP contribution in [0.15, 0.2) is 60.9 Å². The maximum atomic E-state index is 6.44. The average Bonchev–Trinajstić information content (AvgIpc) is 3.16. The molecule has 5 rings (SSSR count). The second kappa shape index (κ2) is 9.07. The second-order valence-corrected chi connectivity index (χ2v) is 9.37. The van der Waals surface area contributed by atoms with Gasteiger partial charge in [-0.25, -0.2) is 19.9 Å². The lowest BCUT2D eigenvalue weighted by atomic mass is 10.0. The number of nitrogens with two attached hydrogens (primary N) is 1. The van der Waals surface area contributed by atoms with Gasteiger partial charge in [-0.05, 0) is 50.6 Å². The van der Waals surface area contributed by atoms with Crippen LogP contribution in [0.4, 0.5) is 11.6 Å². The number of anilines is 2. The molecule has 2 aromatic carbocycles. The van der Waals surface area contributed by atoms with E-state index in [1.807, 2.05) is 32.0 Å². The van der Waals surface area contributed by atoms with Gasteiger partial charge in [0.2, 0.25) is 11.8 Å². The summed E-state index contributed by atoms with van der Waals surface area (Å²) in [5, 5.41) is 6.69. The molecule has 5 aromatic rings. The molecule has 34 heavy (non-hydrogen) atoms. The first kappa shape index (κ1) is 21.8. The number of aryl methyl sites for hydroxylation is 3. The topological polar surface area (TPSA) is 98.8 Å². The highest BCUT2D eigenvalue weighted by atomic mass is 32.1. The van der Waals surface area contributed by atoms with Gasteiger partial charge >= 0.3 is 0 Å². The Morgan fingerprint density at radius 2 is 1.79 bits per heavy atom. The van der Waals surface area contributed by atoms with Gasteiger partial charge in [-0.15, -0.1) is 11.3 Å². The van der Waals surface area contributed by atoms with E-state index in [1.165, 1.54) is 4.88 Å². The van der Waals surface area contributed by atoms with Crippen molar-refractivity contribution in [1.82, 2.24) is 19.9 Å². The molecule has 0 aliphatic rings. The number of ether oxygens (including phenoxy) is 1. The van der Waals surface area contributed by atoms with Crippen LogP contribution in [0.25, 0.3) is 22.0 Å². The number of nitrogen functional groups attached to an aromatic ring is 1. The predicted molar refractivity (Wildman–Crippen MR) is 137 cm³/mol. The van der Waals surface area contributed by atoms with E-state index in [-0.39, 0.29) is 5.95 Å². The molecular formula is C26H24N6OS. The Balaban J connectivity index is 1.52. The molecule has 0 aliphatic carbocycles. The predicted octanol–water partition coefficient (Wildman–Crippen LogP) is 6.06. The number of hydrogen-bond acceptors (Lipinski definition) is 8. The normalized spacial score (nSPS) is 11.0. The molecule has 0 radical (unpaired) electrons. The van der Waals surface area contributed by atoms with Crippen molar-refractivity contribution in [1.29, 1.82) is 0 Å². The van der Waals surface area contributed by atoms with Crippen molar-refractivity contribution in [2.75, 3.05) is 11.1 Å². The molecule has 0 bridgehead atoms. The summed E-state index contributed by atoms with van der Waals surface area (Å²) in [6.07, 6.45) is 3.33. The van der Waals surface area contributed by atoms with Crippen LogP contribution in [0.5, 0.6) is 11.6 Å². The quantitative estimate of drug-likeness (QED) is 0.312. The molecular weight excluding hydrogens is 444 g/mol. The zero-order valence-electron chi connectivity index (χ0n) is 19.2. The summed E-state index contributed by atoms with van der Waals surface area (Å²) in [6, 6.07) is 15.9. The largest absolute Gasteiger partial charge is 0.437 e. The van der Waals surface area contributed by atoms with Crippen LogP contribution in [0.2, 0.25) is 0 Å². The van der Waals surface area contributed by atoms with E-state index in [0.717, 1.165) is 44.0 Å². The van der Waals surface area contributed by atoms with Crippen molar-refractivity contribution in [2.24, 2.45) is 0 Å². The van der Waals surface area contributed by atoms with E-state index < -0.39 is 0 Å². The molecule has 0 amide bonds. The fourth-order valence-corrected chi connectivity index (χ4v) is 4.77. The van der Waals surface area contributed by atoms with E-state index in [2.05, 4.69) is 56.4 Å². The third kappa shape index (κ3) is 4.27. The van der Waals surface area contributed by atoms with Crippen LogP contribution in [-0.4, -0.2) is 19.9 Å². The summed E-state index contributed by atoms with van der Waals surface area (Å²) in [5.41, 5.74) is 10.3. The number of thiazole rings is 1. The lowest BCUT2D eigenvalue weighted by Crippen LogP contribution is -2.02. The van der Waals surface area contributed by atoms with Crippen LogP contribution < -0.4 is 15.8 Å². The highest BCUT2D eigenvalue weighted by molar-refractivity contribution is 7.11. The highest BCUT2D eigenvalue weighted by Crippen LogP contribution is 2.38. The molecule has 3 aromatic heterocycles. The number of aromatic nitrogens is 4. The lowest BCUT2D eigenvalue weighted by molar-refractivity contribution is 0.466. The minimum Gasteiger partial charge on any atom is -0.437 e. The third-order valence-electron chi connectivity index (χ3n) is 5.57. The number of rotatable bonds is 6. The monoisotopic (exact) mass is 468 g/mol. The van der Waals surface area contributed by atoms with Crippen molar-refractivity contribution in [3.8, 4) is 22.9 Å². The van der Waals surface area contributed by atoms with Gasteiger partial charge in [0.05, 0.1) is 28.5 Å². The Kier molecular flexibility index (Phi) is 5.81. The molecule has 0 spiro atoms. The van der Waals surface area contributed by atoms with E-state index in [9.17, 15) is 0 Å². The Labute approximate surface area is 201 Å². The zero-order chi connectivity index (χ0) is 23.7. The standard InChI is InChI=1S/C26H24N6OS/c1-15-9-10-18-19(6-4-8-21(18)30-14-23-16(2)34-17(3)31-23)24(15)33-25-20(7-5-12-28-25)22-11-13-29-26(27)32-22/h4-13,30H,14H2,1-3H3,(H2,27,29,32). The lowest BCUT2D eigenvalue weighted by Gasteiger charge is -2.16. The van der Waals surface area contributed by atoms with Crippen LogP contribution in [0, 0.1) is 20.8 Å². The molecule has 3 N–H and O–H groups in total. The van der Waals surface area contributed by atoms with Gasteiger partial charge in [0.1, 0.15) is 5.75 Å². The summed E-state index contributed by atoms with van der Waals surface area (Å²) in [5.74, 6) is 1.42. The summed E-state index contributed by atoms with van der Waals surface area (Å²) < 4.78 is 6.44. The Bertz CT molecular complexity index is 1500. The Morgan fingerprint density at radius 3 is 2.59 bits per heavy atom. The van der Waals surface area contributed by atoms with Crippen molar-refractivity contribution < 1.29 is 4.74 Å². The molecule has 0 saturated heterocycles. The Hall–Kier alpha value is -4.04. The minimum atomic E-state index is 0.204. The van der Waals surface area contributed by atoms with Gasteiger partial charge in [-0.3, -0.25) is 0 Å². The van der Waals surface area contributed by atoms with Crippen molar-refractivity contribution >= 4 is 33.7 Å². The van der Waals surface area contributed by atoms with Gasteiger partial charge in [0, 0.05) is 33.7 Å². The highest BCUT2D eigenvalue weighted by Gasteiger charge is 2.15. The van der Waals surface area contributed by atoms with Crippen LogP contribution in [0.3, 0.4) is 0 Å². The number of hydrogen-bond donors (Lipinski definition) is 2. The average molecular weight is 469 g/mol. The first-order valence-corrected chi connectivity index (χ1v) is 11.7. The number of fused-ring (bicyclic) bond motifs is 1. The van der Waals surface area contributed by atoms with Crippen LogP contribution in [-0.2, 0) is 6.54 Å². The van der Waals surface area contributed by atoms with Crippen LogP contribution in [0.1, 0.15) is 21.1 Å². The van der Waals surface area contributed by atoms with Crippen LogP contribution >= 0.6 is 11.3 Å². The summed E-state index contributed by atoms with van der Waals surface area (Å²) >= 11 is 1.72. The van der Waals surface area contributed by atoms with Crippen molar-refractivity contribution in [2.45, 2.75) is 27.3 Å². The number of nitrogens with zero attached hydrogens (tertiary/aromatic N) is 4. The molecule has 0 unspecified atom stereocenters. The van der Waals surface area contributed by atoms with Gasteiger partial charge in [-0.1, -0.05) is 24.3 Å². The fraction of sp³-hybridized carbons (Fsp3) is 0.154. The molecule has 7 nitrogen and oxygen atoms in total. The summed E-state index contributed by atoms with van der Waals surface area (Å²) in [4.78, 5) is 18.7. The summed E-state index contributed by atoms with van der Waals surface area (Å²) in [7, 11) is 0. The third-order valence-corrected chi connectivity index (χ3v) is 6.50. The molecule has 170 valence electrons. The molecule has 3 heterocycles. The van der Waals surface area contributed by atoms with Gasteiger partial charge < -0.3 is 15.8 Å². The molecule has 8 heteroatoms. The molecule has 0 saturated carbocycles. The fourth-order valence-electron chi connectivity index (χ4n) is 3.93. The maximum absolute atomic E-state index is 6.44. The van der Waals surface area contributed by atoms with E-state index >= 15 is 0 Å². The van der Waals surface area contributed by atoms with E-state index in [0.29, 0.717) is 18.1 Å². The SMILES string of the molecule is Cc1nc(CNc2cccc3c(Oc4ncccc4-c4ccnc(N)n4)c(C)ccc23)c(C)s1. The first-order chi connectivity index (χ1) is 16.5.